The Labute approximate surface area is 102 Å². The van der Waals surface area contributed by atoms with Crippen molar-refractivity contribution in [3.63, 3.8) is 0 Å². The summed E-state index contributed by atoms with van der Waals surface area (Å²) in [5.41, 5.74) is 3.05. The highest BCUT2D eigenvalue weighted by Gasteiger charge is 2.12. The number of rotatable bonds is 0. The molecule has 0 bridgehead atoms. The summed E-state index contributed by atoms with van der Waals surface area (Å²) in [6.45, 7) is 10.3. The van der Waals surface area contributed by atoms with Crippen molar-refractivity contribution >= 4 is 0 Å². The molecule has 2 aliphatic rings. The third kappa shape index (κ3) is 4.80. The smallest absolute Gasteiger partial charge is 0.0233 e. The second kappa shape index (κ2) is 9.41. The van der Waals surface area contributed by atoms with E-state index in [4.69, 9.17) is 0 Å². The molecule has 1 aliphatic carbocycles. The quantitative estimate of drug-likeness (QED) is 0.593. The Bertz CT molecular complexity index is 259. The van der Waals surface area contributed by atoms with Gasteiger partial charge in [0.15, 0.2) is 0 Å². The van der Waals surface area contributed by atoms with Crippen molar-refractivity contribution < 1.29 is 0 Å². The first-order chi connectivity index (χ1) is 7.86. The van der Waals surface area contributed by atoms with Crippen molar-refractivity contribution in [1.29, 1.82) is 0 Å². The number of hydrogen-bond donors (Lipinski definition) is 0. The van der Waals surface area contributed by atoms with Crippen LogP contribution < -0.4 is 0 Å². The number of allylic oxidation sites excluding steroid dienone is 3. The zero-order chi connectivity index (χ0) is 12.4. The van der Waals surface area contributed by atoms with E-state index in [9.17, 15) is 0 Å². The lowest BCUT2D eigenvalue weighted by atomic mass is 10.0. The van der Waals surface area contributed by atoms with Gasteiger partial charge in [-0.25, -0.2) is 0 Å². The van der Waals surface area contributed by atoms with Crippen LogP contribution in [0.3, 0.4) is 0 Å². The Morgan fingerprint density at radius 1 is 0.938 bits per heavy atom. The number of nitrogens with zero attached hydrogens (tertiary/aromatic N) is 1. The monoisotopic (exact) mass is 221 g/mol. The molecule has 2 rings (SSSR count). The molecule has 1 aliphatic heterocycles. The van der Waals surface area contributed by atoms with Crippen LogP contribution in [0.1, 0.15) is 40.5 Å². The molecule has 92 valence electrons. The standard InChI is InChI=1S/C11H15N.2C2H6/c1-12-8-7-10-5-3-2-4-6-11(10)9-12;2*1-2/h3-6H,2,7-9H2,1H3;2*1-2H3. The van der Waals surface area contributed by atoms with Crippen LogP contribution in [0, 0.1) is 0 Å². The molecule has 1 nitrogen and oxygen atoms in total. The predicted octanol–water partition coefficient (Wildman–Crippen LogP) is 4.19. The van der Waals surface area contributed by atoms with E-state index in [0.717, 1.165) is 13.0 Å². The summed E-state index contributed by atoms with van der Waals surface area (Å²) < 4.78 is 0. The Hall–Kier alpha value is -0.820. The van der Waals surface area contributed by atoms with Gasteiger partial charge < -0.3 is 4.90 Å². The molecule has 0 N–H and O–H groups in total. The van der Waals surface area contributed by atoms with Gasteiger partial charge in [-0.05, 0) is 31.0 Å². The third-order valence-corrected chi connectivity index (χ3v) is 2.53. The summed E-state index contributed by atoms with van der Waals surface area (Å²) in [4.78, 5) is 2.38. The first-order valence-corrected chi connectivity index (χ1v) is 6.60. The third-order valence-electron chi connectivity index (χ3n) is 2.53. The van der Waals surface area contributed by atoms with Gasteiger partial charge in [-0.2, -0.15) is 0 Å². The lowest BCUT2D eigenvalue weighted by Crippen LogP contribution is -2.26. The normalized spacial score (nSPS) is 18.8. The molecule has 0 amide bonds. The van der Waals surface area contributed by atoms with Gasteiger partial charge in [-0.3, -0.25) is 0 Å². The molecule has 0 atom stereocenters. The fourth-order valence-electron chi connectivity index (χ4n) is 1.79. The lowest BCUT2D eigenvalue weighted by molar-refractivity contribution is 0.354. The summed E-state index contributed by atoms with van der Waals surface area (Å²) >= 11 is 0. The highest BCUT2D eigenvalue weighted by atomic mass is 15.1. The Morgan fingerprint density at radius 2 is 1.50 bits per heavy atom. The molecular formula is C15H27N. The first-order valence-electron chi connectivity index (χ1n) is 6.60. The van der Waals surface area contributed by atoms with Crippen molar-refractivity contribution in [3.8, 4) is 0 Å². The molecule has 1 heteroatoms. The largest absolute Gasteiger partial charge is 0.302 e. The molecule has 0 spiro atoms. The summed E-state index contributed by atoms with van der Waals surface area (Å²) in [7, 11) is 2.19. The molecule has 0 radical (unpaired) electrons. The Balaban J connectivity index is 0.000000509. The van der Waals surface area contributed by atoms with Crippen LogP contribution in [0.4, 0.5) is 0 Å². The summed E-state index contributed by atoms with van der Waals surface area (Å²) in [6.07, 6.45) is 11.4. The minimum Gasteiger partial charge on any atom is -0.302 e. The van der Waals surface area contributed by atoms with Gasteiger partial charge in [0.1, 0.15) is 0 Å². The molecule has 1 heterocycles. The highest BCUT2D eigenvalue weighted by molar-refractivity contribution is 5.38. The fraction of sp³-hybridized carbons (Fsp3) is 0.600. The summed E-state index contributed by atoms with van der Waals surface area (Å²) in [5, 5.41) is 0. The van der Waals surface area contributed by atoms with Crippen LogP contribution in [-0.4, -0.2) is 25.0 Å². The van der Waals surface area contributed by atoms with E-state index in [0.29, 0.717) is 0 Å². The van der Waals surface area contributed by atoms with Gasteiger partial charge >= 0.3 is 0 Å². The molecule has 16 heavy (non-hydrogen) atoms. The number of likely N-dealkylation sites (N-methyl/N-ethyl adjacent to an activating group) is 1. The van der Waals surface area contributed by atoms with E-state index in [2.05, 4.69) is 36.3 Å². The highest BCUT2D eigenvalue weighted by Crippen LogP contribution is 2.21. The average molecular weight is 221 g/mol. The molecule has 0 saturated heterocycles. The molecule has 0 aromatic rings. The van der Waals surface area contributed by atoms with E-state index >= 15 is 0 Å². The SMILES string of the molecule is CC.CC.CN1CCC2=C(C=CCC=C2)C1. The predicted molar refractivity (Wildman–Crippen MR) is 74.7 cm³/mol. The minimum absolute atomic E-state index is 1.09. The molecule has 0 saturated carbocycles. The maximum absolute atomic E-state index is 2.38. The van der Waals surface area contributed by atoms with Crippen LogP contribution in [-0.2, 0) is 0 Å². The van der Waals surface area contributed by atoms with Gasteiger partial charge in [-0.1, -0.05) is 52.0 Å². The molecule has 0 aromatic carbocycles. The molecule has 0 fully saturated rings. The van der Waals surface area contributed by atoms with Crippen LogP contribution in [0.15, 0.2) is 35.5 Å². The van der Waals surface area contributed by atoms with E-state index in [-0.39, 0.29) is 0 Å². The summed E-state index contributed by atoms with van der Waals surface area (Å²) in [5.74, 6) is 0. The second-order valence-electron chi connectivity index (χ2n) is 3.58. The van der Waals surface area contributed by atoms with Crippen molar-refractivity contribution in [1.82, 2.24) is 4.90 Å². The summed E-state index contributed by atoms with van der Waals surface area (Å²) in [6, 6.07) is 0. The second-order valence-corrected chi connectivity index (χ2v) is 3.58. The molecule has 0 unspecified atom stereocenters. The van der Waals surface area contributed by atoms with Crippen molar-refractivity contribution in [2.75, 3.05) is 20.1 Å². The maximum atomic E-state index is 2.38. The average Bonchev–Trinajstić information content (AvgIpc) is 2.59. The van der Waals surface area contributed by atoms with Crippen molar-refractivity contribution in [2.24, 2.45) is 0 Å². The minimum atomic E-state index is 1.09. The first kappa shape index (κ1) is 15.2. The van der Waals surface area contributed by atoms with Gasteiger partial charge in [0.05, 0.1) is 0 Å². The van der Waals surface area contributed by atoms with Crippen LogP contribution >= 0.6 is 0 Å². The van der Waals surface area contributed by atoms with E-state index in [1.54, 1.807) is 5.57 Å². The van der Waals surface area contributed by atoms with Crippen molar-refractivity contribution in [2.45, 2.75) is 40.5 Å². The van der Waals surface area contributed by atoms with Gasteiger partial charge in [0.25, 0.3) is 0 Å². The topological polar surface area (TPSA) is 3.24 Å². The Morgan fingerprint density at radius 3 is 2.12 bits per heavy atom. The zero-order valence-corrected chi connectivity index (χ0v) is 11.6. The van der Waals surface area contributed by atoms with Crippen LogP contribution in [0.2, 0.25) is 0 Å². The van der Waals surface area contributed by atoms with E-state index in [1.165, 1.54) is 18.5 Å². The zero-order valence-electron chi connectivity index (χ0n) is 11.6. The van der Waals surface area contributed by atoms with E-state index < -0.39 is 0 Å². The van der Waals surface area contributed by atoms with Gasteiger partial charge in [-0.15, -0.1) is 0 Å². The molecular weight excluding hydrogens is 194 g/mol. The maximum Gasteiger partial charge on any atom is 0.0233 e. The van der Waals surface area contributed by atoms with Crippen LogP contribution in [0.5, 0.6) is 0 Å². The van der Waals surface area contributed by atoms with Crippen LogP contribution in [0.25, 0.3) is 0 Å². The lowest BCUT2D eigenvalue weighted by Gasteiger charge is -2.24. The van der Waals surface area contributed by atoms with Gasteiger partial charge in [0.2, 0.25) is 0 Å². The molecule has 0 aromatic heterocycles. The Kier molecular flexibility index (Phi) is 8.93. The fourth-order valence-corrected chi connectivity index (χ4v) is 1.79. The number of hydrogen-bond acceptors (Lipinski definition) is 1. The van der Waals surface area contributed by atoms with E-state index in [1.807, 2.05) is 27.7 Å². The van der Waals surface area contributed by atoms with Crippen molar-refractivity contribution in [3.05, 3.63) is 35.5 Å². The van der Waals surface area contributed by atoms with Gasteiger partial charge in [0, 0.05) is 13.1 Å².